The Morgan fingerprint density at radius 2 is 2.12 bits per heavy atom. The zero-order valence-corrected chi connectivity index (χ0v) is 13.5. The van der Waals surface area contributed by atoms with E-state index in [2.05, 4.69) is 15.5 Å². The maximum absolute atomic E-state index is 12.1. The van der Waals surface area contributed by atoms with Gasteiger partial charge >= 0.3 is 0 Å². The number of nitrogens with zero attached hydrogens (tertiary/aromatic N) is 2. The van der Waals surface area contributed by atoms with E-state index in [1.807, 2.05) is 18.2 Å². The van der Waals surface area contributed by atoms with Crippen LogP contribution in [0.5, 0.6) is 0 Å². The summed E-state index contributed by atoms with van der Waals surface area (Å²) in [5.41, 5.74) is 0.722. The Bertz CT molecular complexity index is 843. The van der Waals surface area contributed by atoms with E-state index in [9.17, 15) is 4.79 Å². The van der Waals surface area contributed by atoms with E-state index in [1.165, 1.54) is 7.11 Å². The summed E-state index contributed by atoms with van der Waals surface area (Å²) in [5.74, 6) is 1.00. The van der Waals surface area contributed by atoms with Crippen molar-refractivity contribution in [3.05, 3.63) is 58.9 Å². The van der Waals surface area contributed by atoms with Gasteiger partial charge in [-0.2, -0.15) is 4.98 Å². The Labute approximate surface area is 142 Å². The summed E-state index contributed by atoms with van der Waals surface area (Å²) in [6.07, 6.45) is 0. The molecule has 1 N–H and O–H groups in total. The van der Waals surface area contributed by atoms with Gasteiger partial charge in [0.25, 0.3) is 5.91 Å². The first kappa shape index (κ1) is 16.2. The number of hydrogen-bond acceptors (Lipinski definition) is 6. The van der Waals surface area contributed by atoms with Gasteiger partial charge in [-0.25, -0.2) is 0 Å². The molecular formula is C16H14ClN3O4. The van der Waals surface area contributed by atoms with E-state index in [0.717, 1.165) is 5.56 Å². The molecule has 124 valence electrons. The summed E-state index contributed by atoms with van der Waals surface area (Å²) in [6.45, 7) is 0.342. The topological polar surface area (TPSA) is 90.4 Å². The van der Waals surface area contributed by atoms with Crippen LogP contribution in [-0.2, 0) is 17.9 Å². The van der Waals surface area contributed by atoms with E-state index in [-0.39, 0.29) is 30.7 Å². The Morgan fingerprint density at radius 3 is 2.92 bits per heavy atom. The highest BCUT2D eigenvalue weighted by Crippen LogP contribution is 2.28. The molecule has 8 heteroatoms. The highest BCUT2D eigenvalue weighted by atomic mass is 35.5. The van der Waals surface area contributed by atoms with E-state index in [4.69, 9.17) is 25.3 Å². The largest absolute Gasteiger partial charge is 0.451 e. The first-order chi connectivity index (χ1) is 11.7. The number of methoxy groups -OCH3 is 1. The van der Waals surface area contributed by atoms with Gasteiger partial charge < -0.3 is 19.0 Å². The van der Waals surface area contributed by atoms with Crippen molar-refractivity contribution in [1.29, 1.82) is 0 Å². The normalized spacial score (nSPS) is 10.8. The zero-order chi connectivity index (χ0) is 16.9. The first-order valence-electron chi connectivity index (χ1n) is 7.10. The molecular weight excluding hydrogens is 334 g/mol. The van der Waals surface area contributed by atoms with Gasteiger partial charge in [-0.15, -0.1) is 0 Å². The van der Waals surface area contributed by atoms with E-state index >= 15 is 0 Å². The average molecular weight is 348 g/mol. The van der Waals surface area contributed by atoms with E-state index < -0.39 is 0 Å². The second-order valence-electron chi connectivity index (χ2n) is 4.86. The summed E-state index contributed by atoms with van der Waals surface area (Å²) >= 11 is 6.12. The zero-order valence-electron chi connectivity index (χ0n) is 12.8. The Kier molecular flexibility index (Phi) is 4.93. The van der Waals surface area contributed by atoms with Crippen molar-refractivity contribution in [3.8, 4) is 11.3 Å². The molecule has 0 aliphatic heterocycles. The molecule has 3 rings (SSSR count). The molecule has 24 heavy (non-hydrogen) atoms. The third-order valence-corrected chi connectivity index (χ3v) is 3.48. The number of furan rings is 1. The maximum atomic E-state index is 12.1. The molecule has 0 radical (unpaired) electrons. The number of amides is 1. The predicted octanol–water partition coefficient (Wildman–Crippen LogP) is 3.06. The molecule has 1 amide bonds. The van der Waals surface area contributed by atoms with Gasteiger partial charge in [0.2, 0.25) is 5.89 Å². The highest BCUT2D eigenvalue weighted by molar-refractivity contribution is 6.33. The number of rotatable bonds is 6. The second-order valence-corrected chi connectivity index (χ2v) is 5.27. The molecule has 0 atom stereocenters. The number of ether oxygens (including phenoxy) is 1. The van der Waals surface area contributed by atoms with Gasteiger partial charge in [-0.05, 0) is 24.3 Å². The van der Waals surface area contributed by atoms with Crippen LogP contribution in [0.3, 0.4) is 0 Å². The van der Waals surface area contributed by atoms with Crippen LogP contribution < -0.4 is 5.32 Å². The SMILES string of the molecule is COCc1noc(CNC(=O)c2ccc(-c3ccccc3Cl)o2)n1. The quantitative estimate of drug-likeness (QED) is 0.737. The number of hydrogen-bond donors (Lipinski definition) is 1. The number of halogens is 1. The standard InChI is InChI=1S/C16H14ClN3O4/c1-22-9-14-19-15(24-20-14)8-18-16(21)13-7-6-12(23-13)10-4-2-3-5-11(10)17/h2-7H,8-9H2,1H3,(H,18,21). The lowest BCUT2D eigenvalue weighted by Crippen LogP contribution is -2.22. The predicted molar refractivity (Wildman–Crippen MR) is 85.3 cm³/mol. The Balaban J connectivity index is 1.64. The minimum Gasteiger partial charge on any atom is -0.451 e. The molecule has 2 aromatic heterocycles. The number of nitrogens with one attached hydrogen (secondary N) is 1. The van der Waals surface area contributed by atoms with Crippen LogP contribution >= 0.6 is 11.6 Å². The molecule has 0 aliphatic rings. The van der Waals surface area contributed by atoms with Crippen LogP contribution in [-0.4, -0.2) is 23.2 Å². The molecule has 0 spiro atoms. The van der Waals surface area contributed by atoms with Gasteiger partial charge in [0.15, 0.2) is 11.6 Å². The van der Waals surface area contributed by atoms with Crippen LogP contribution in [0.4, 0.5) is 0 Å². The van der Waals surface area contributed by atoms with Crippen molar-refractivity contribution in [1.82, 2.24) is 15.5 Å². The number of aromatic nitrogens is 2. The lowest BCUT2D eigenvalue weighted by Gasteiger charge is -2.01. The van der Waals surface area contributed by atoms with Crippen molar-refractivity contribution in [2.24, 2.45) is 0 Å². The van der Waals surface area contributed by atoms with Gasteiger partial charge in [0.05, 0.1) is 11.6 Å². The van der Waals surface area contributed by atoms with Crippen LogP contribution in [0, 0.1) is 0 Å². The first-order valence-corrected chi connectivity index (χ1v) is 7.48. The third-order valence-electron chi connectivity index (χ3n) is 3.15. The number of benzene rings is 1. The molecule has 3 aromatic rings. The van der Waals surface area contributed by atoms with E-state index in [1.54, 1.807) is 18.2 Å². The molecule has 0 aliphatic carbocycles. The summed E-state index contributed by atoms with van der Waals surface area (Å²) in [7, 11) is 1.53. The highest BCUT2D eigenvalue weighted by Gasteiger charge is 2.15. The van der Waals surface area contributed by atoms with Gasteiger partial charge in [0, 0.05) is 12.7 Å². The summed E-state index contributed by atoms with van der Waals surface area (Å²) in [4.78, 5) is 16.2. The Hall–Kier alpha value is -2.64. The molecule has 1 aromatic carbocycles. The van der Waals surface area contributed by atoms with Crippen molar-refractivity contribution in [3.63, 3.8) is 0 Å². The summed E-state index contributed by atoms with van der Waals surface area (Å²) in [6, 6.07) is 10.5. The second kappa shape index (κ2) is 7.29. The molecule has 7 nitrogen and oxygen atoms in total. The van der Waals surface area contributed by atoms with Crippen LogP contribution in [0.15, 0.2) is 45.3 Å². The molecule has 2 heterocycles. The fraction of sp³-hybridized carbons (Fsp3) is 0.188. The number of carbonyl (C=O) groups excluding carboxylic acids is 1. The van der Waals surface area contributed by atoms with Crippen LogP contribution in [0.25, 0.3) is 11.3 Å². The average Bonchev–Trinajstić information content (AvgIpc) is 3.23. The monoisotopic (exact) mass is 347 g/mol. The molecule has 0 saturated heterocycles. The summed E-state index contributed by atoms with van der Waals surface area (Å²) in [5, 5.41) is 6.91. The Morgan fingerprint density at radius 1 is 1.29 bits per heavy atom. The minimum atomic E-state index is -0.389. The molecule has 0 fully saturated rings. The fourth-order valence-electron chi connectivity index (χ4n) is 2.06. The summed E-state index contributed by atoms with van der Waals surface area (Å²) < 4.78 is 15.4. The van der Waals surface area contributed by atoms with Gasteiger partial charge in [-0.1, -0.05) is 28.9 Å². The maximum Gasteiger partial charge on any atom is 0.287 e. The van der Waals surface area contributed by atoms with Crippen molar-refractivity contribution >= 4 is 17.5 Å². The van der Waals surface area contributed by atoms with Crippen molar-refractivity contribution in [2.75, 3.05) is 7.11 Å². The molecule has 0 saturated carbocycles. The third kappa shape index (κ3) is 3.64. The van der Waals surface area contributed by atoms with Gasteiger partial charge in [0.1, 0.15) is 12.4 Å². The lowest BCUT2D eigenvalue weighted by atomic mass is 10.2. The fourth-order valence-corrected chi connectivity index (χ4v) is 2.29. The molecule has 0 unspecified atom stereocenters. The number of carbonyl (C=O) groups is 1. The van der Waals surface area contributed by atoms with Crippen molar-refractivity contribution < 1.29 is 18.5 Å². The van der Waals surface area contributed by atoms with E-state index in [0.29, 0.717) is 16.6 Å². The smallest absolute Gasteiger partial charge is 0.287 e. The van der Waals surface area contributed by atoms with Crippen LogP contribution in [0.2, 0.25) is 5.02 Å². The van der Waals surface area contributed by atoms with Crippen molar-refractivity contribution in [2.45, 2.75) is 13.2 Å². The minimum absolute atomic E-state index is 0.0949. The van der Waals surface area contributed by atoms with Crippen LogP contribution in [0.1, 0.15) is 22.3 Å². The molecule has 0 bridgehead atoms. The lowest BCUT2D eigenvalue weighted by molar-refractivity contribution is 0.0919. The van der Waals surface area contributed by atoms with Gasteiger partial charge in [-0.3, -0.25) is 4.79 Å².